The molecule has 0 radical (unpaired) electrons. The van der Waals surface area contributed by atoms with Crippen LogP contribution in [0.3, 0.4) is 0 Å². The van der Waals surface area contributed by atoms with Crippen LogP contribution in [0.25, 0.3) is 0 Å². The van der Waals surface area contributed by atoms with Crippen LogP contribution in [0, 0.1) is 0 Å². The standard InChI is InChI=1S/C8H16O6/c1-13-6(4-10)7(12)8(14-2)5(11)3-9/h4-9,11-12H,3H2,1-2H3/t5-,6-,7-,8-/m1/s1. The molecule has 0 aromatic rings. The molecular formula is C8H16O6. The molecule has 84 valence electrons. The fourth-order valence-electron chi connectivity index (χ4n) is 1.09. The van der Waals surface area contributed by atoms with Crippen LogP contribution in [0.5, 0.6) is 0 Å². The number of hydrogen-bond donors (Lipinski definition) is 3. The summed E-state index contributed by atoms with van der Waals surface area (Å²) in [4.78, 5) is 10.4. The van der Waals surface area contributed by atoms with Crippen molar-refractivity contribution >= 4 is 6.29 Å². The van der Waals surface area contributed by atoms with Crippen molar-refractivity contribution in [3.05, 3.63) is 0 Å². The van der Waals surface area contributed by atoms with Crippen molar-refractivity contribution in [1.29, 1.82) is 0 Å². The van der Waals surface area contributed by atoms with Gasteiger partial charge in [0.05, 0.1) is 6.61 Å². The molecule has 0 fully saturated rings. The van der Waals surface area contributed by atoms with Crippen LogP contribution in [0.2, 0.25) is 0 Å². The Morgan fingerprint density at radius 1 is 1.29 bits per heavy atom. The predicted octanol–water partition coefficient (Wildman–Crippen LogP) is -2.07. The van der Waals surface area contributed by atoms with Gasteiger partial charge in [-0.2, -0.15) is 0 Å². The van der Waals surface area contributed by atoms with E-state index in [1.54, 1.807) is 0 Å². The average molecular weight is 208 g/mol. The van der Waals surface area contributed by atoms with E-state index in [-0.39, 0.29) is 0 Å². The summed E-state index contributed by atoms with van der Waals surface area (Å²) < 4.78 is 9.40. The maximum absolute atomic E-state index is 10.4. The minimum absolute atomic E-state index is 0.404. The predicted molar refractivity (Wildman–Crippen MR) is 46.8 cm³/mol. The molecule has 0 amide bonds. The molecule has 6 nitrogen and oxygen atoms in total. The molecule has 3 N–H and O–H groups in total. The Balaban J connectivity index is 4.42. The Morgan fingerprint density at radius 3 is 2.14 bits per heavy atom. The van der Waals surface area contributed by atoms with Crippen molar-refractivity contribution in [2.45, 2.75) is 24.4 Å². The lowest BCUT2D eigenvalue weighted by Crippen LogP contribution is -2.48. The van der Waals surface area contributed by atoms with Crippen molar-refractivity contribution in [2.75, 3.05) is 20.8 Å². The van der Waals surface area contributed by atoms with Crippen molar-refractivity contribution in [1.82, 2.24) is 0 Å². The molecule has 0 aliphatic rings. The summed E-state index contributed by atoms with van der Waals surface area (Å²) in [6.07, 6.45) is -4.31. The normalized spacial score (nSPS) is 19.8. The fourth-order valence-corrected chi connectivity index (χ4v) is 1.09. The quantitative estimate of drug-likeness (QED) is 0.416. The molecule has 6 heteroatoms. The Bertz CT molecular complexity index is 162. The highest BCUT2D eigenvalue weighted by Crippen LogP contribution is 2.09. The van der Waals surface area contributed by atoms with Gasteiger partial charge in [0.2, 0.25) is 0 Å². The Morgan fingerprint density at radius 2 is 1.86 bits per heavy atom. The lowest BCUT2D eigenvalue weighted by molar-refractivity contribution is -0.147. The largest absolute Gasteiger partial charge is 0.394 e. The number of aliphatic hydroxyl groups is 3. The number of aliphatic hydroxyl groups excluding tert-OH is 3. The SMILES string of the molecule is CO[C@@H]([C@H](O)[C@@H](C=O)OC)[C@H](O)CO. The van der Waals surface area contributed by atoms with Gasteiger partial charge in [-0.3, -0.25) is 0 Å². The zero-order chi connectivity index (χ0) is 11.1. The fraction of sp³-hybridized carbons (Fsp3) is 0.875. The number of hydrogen-bond acceptors (Lipinski definition) is 6. The number of carbonyl (C=O) groups is 1. The minimum atomic E-state index is -1.32. The first-order chi connectivity index (χ1) is 6.62. The molecule has 0 spiro atoms. The van der Waals surface area contributed by atoms with Crippen molar-refractivity contribution in [3.63, 3.8) is 0 Å². The van der Waals surface area contributed by atoms with Gasteiger partial charge in [-0.15, -0.1) is 0 Å². The first-order valence-corrected chi connectivity index (χ1v) is 4.10. The second-order valence-corrected chi connectivity index (χ2v) is 2.78. The van der Waals surface area contributed by atoms with Crippen LogP contribution in [-0.2, 0) is 14.3 Å². The molecule has 0 aliphatic carbocycles. The third-order valence-electron chi connectivity index (χ3n) is 1.92. The van der Waals surface area contributed by atoms with Crippen LogP contribution in [0.15, 0.2) is 0 Å². The van der Waals surface area contributed by atoms with Gasteiger partial charge in [0.15, 0.2) is 6.29 Å². The maximum Gasteiger partial charge on any atom is 0.151 e. The van der Waals surface area contributed by atoms with Crippen LogP contribution >= 0.6 is 0 Å². The molecule has 0 aromatic heterocycles. The second-order valence-electron chi connectivity index (χ2n) is 2.78. The molecule has 0 saturated heterocycles. The van der Waals surface area contributed by atoms with E-state index in [0.29, 0.717) is 6.29 Å². The van der Waals surface area contributed by atoms with Crippen molar-refractivity contribution in [2.24, 2.45) is 0 Å². The van der Waals surface area contributed by atoms with Gasteiger partial charge in [0.1, 0.15) is 24.4 Å². The summed E-state index contributed by atoms with van der Waals surface area (Å²) in [6, 6.07) is 0. The summed E-state index contributed by atoms with van der Waals surface area (Å²) in [5, 5.41) is 27.4. The molecule has 0 rings (SSSR count). The van der Waals surface area contributed by atoms with Gasteiger partial charge in [0, 0.05) is 14.2 Å². The van der Waals surface area contributed by atoms with E-state index in [9.17, 15) is 15.0 Å². The van der Waals surface area contributed by atoms with E-state index in [2.05, 4.69) is 4.74 Å². The van der Waals surface area contributed by atoms with Crippen molar-refractivity contribution < 1.29 is 29.6 Å². The van der Waals surface area contributed by atoms with Gasteiger partial charge in [-0.25, -0.2) is 0 Å². The van der Waals surface area contributed by atoms with Gasteiger partial charge < -0.3 is 29.6 Å². The highest BCUT2D eigenvalue weighted by Gasteiger charge is 2.32. The van der Waals surface area contributed by atoms with E-state index < -0.39 is 31.0 Å². The number of carbonyl (C=O) groups excluding carboxylic acids is 1. The van der Waals surface area contributed by atoms with Gasteiger partial charge in [-0.05, 0) is 0 Å². The highest BCUT2D eigenvalue weighted by molar-refractivity contribution is 5.57. The molecule has 0 unspecified atom stereocenters. The molecule has 0 aromatic carbocycles. The molecule has 4 atom stereocenters. The molecule has 14 heavy (non-hydrogen) atoms. The van der Waals surface area contributed by atoms with Crippen molar-refractivity contribution in [3.8, 4) is 0 Å². The third-order valence-corrected chi connectivity index (χ3v) is 1.92. The van der Waals surface area contributed by atoms with E-state index in [1.165, 1.54) is 14.2 Å². The molecule has 0 bridgehead atoms. The third kappa shape index (κ3) is 3.32. The summed E-state index contributed by atoms with van der Waals surface area (Å²) in [5.74, 6) is 0. The molecular weight excluding hydrogens is 192 g/mol. The summed E-state index contributed by atoms with van der Waals surface area (Å²) >= 11 is 0. The number of rotatable bonds is 7. The van der Waals surface area contributed by atoms with Crippen LogP contribution in [0.1, 0.15) is 0 Å². The Kier molecular flexibility index (Phi) is 6.60. The first-order valence-electron chi connectivity index (χ1n) is 4.10. The highest BCUT2D eigenvalue weighted by atomic mass is 16.5. The number of ether oxygens (including phenoxy) is 2. The lowest BCUT2D eigenvalue weighted by Gasteiger charge is -2.27. The monoisotopic (exact) mass is 208 g/mol. The summed E-state index contributed by atoms with van der Waals surface area (Å²) in [7, 11) is 2.50. The Hall–Kier alpha value is -0.530. The molecule has 0 heterocycles. The van der Waals surface area contributed by atoms with Crippen LogP contribution < -0.4 is 0 Å². The van der Waals surface area contributed by atoms with Crippen LogP contribution in [-0.4, -0.2) is 66.8 Å². The smallest absolute Gasteiger partial charge is 0.151 e. The van der Waals surface area contributed by atoms with E-state index in [0.717, 1.165) is 0 Å². The number of aldehydes is 1. The number of methoxy groups -OCH3 is 2. The lowest BCUT2D eigenvalue weighted by atomic mass is 10.0. The molecule has 0 saturated carbocycles. The van der Waals surface area contributed by atoms with E-state index in [4.69, 9.17) is 9.84 Å². The van der Waals surface area contributed by atoms with E-state index in [1.807, 2.05) is 0 Å². The van der Waals surface area contributed by atoms with E-state index >= 15 is 0 Å². The first kappa shape index (κ1) is 13.5. The average Bonchev–Trinajstić information content (AvgIpc) is 2.20. The minimum Gasteiger partial charge on any atom is -0.394 e. The zero-order valence-electron chi connectivity index (χ0n) is 8.16. The summed E-state index contributed by atoms with van der Waals surface area (Å²) in [5.41, 5.74) is 0. The zero-order valence-corrected chi connectivity index (χ0v) is 8.16. The van der Waals surface area contributed by atoms with Gasteiger partial charge in [0.25, 0.3) is 0 Å². The topological polar surface area (TPSA) is 96.2 Å². The van der Waals surface area contributed by atoms with Gasteiger partial charge >= 0.3 is 0 Å². The Labute approximate surface area is 82.1 Å². The van der Waals surface area contributed by atoms with Gasteiger partial charge in [-0.1, -0.05) is 0 Å². The second kappa shape index (κ2) is 6.86. The maximum atomic E-state index is 10.4. The molecule has 0 aliphatic heterocycles. The summed E-state index contributed by atoms with van der Waals surface area (Å²) in [6.45, 7) is -0.565. The van der Waals surface area contributed by atoms with Crippen LogP contribution in [0.4, 0.5) is 0 Å².